The van der Waals surface area contributed by atoms with Crippen LogP contribution in [0.25, 0.3) is 0 Å². The summed E-state index contributed by atoms with van der Waals surface area (Å²) in [4.78, 5) is 13.2. The van der Waals surface area contributed by atoms with E-state index in [-0.39, 0.29) is 25.3 Å². The summed E-state index contributed by atoms with van der Waals surface area (Å²) in [7, 11) is 0. The lowest BCUT2D eigenvalue weighted by Gasteiger charge is -2.25. The Morgan fingerprint density at radius 3 is 2.53 bits per heavy atom. The van der Waals surface area contributed by atoms with E-state index in [4.69, 9.17) is 9.84 Å². The van der Waals surface area contributed by atoms with Crippen LogP contribution in [0, 0.1) is 0 Å². The minimum absolute atomic E-state index is 0.0792. The Morgan fingerprint density at radius 2 is 2.07 bits per heavy atom. The lowest BCUT2D eigenvalue weighted by Crippen LogP contribution is -2.38. The second-order valence-electron chi connectivity index (χ2n) is 3.83. The number of aliphatic hydroxyl groups is 1. The topological polar surface area (TPSA) is 49.8 Å². The zero-order valence-electron chi connectivity index (χ0n) is 10.0. The van der Waals surface area contributed by atoms with Crippen molar-refractivity contribution >= 4 is 6.09 Å². The van der Waals surface area contributed by atoms with Crippen LogP contribution < -0.4 is 0 Å². The maximum Gasteiger partial charge on any atom is 0.410 e. The maximum atomic E-state index is 11.5. The molecule has 1 amide bonds. The second kappa shape index (κ2) is 8.53. The maximum absolute atomic E-state index is 11.5. The van der Waals surface area contributed by atoms with Crippen molar-refractivity contribution < 1.29 is 14.6 Å². The quantitative estimate of drug-likeness (QED) is 0.664. The molecule has 0 fully saturated rings. The molecule has 0 aromatic heterocycles. The standard InChI is InChI=1S/C11H23NO3/c1-4-5-6-7-12(10(2)3)11(14)15-9-8-13/h10,13H,4-9H2,1-3H3. The molecule has 0 aromatic rings. The molecule has 0 radical (unpaired) electrons. The first-order chi connectivity index (χ1) is 7.13. The van der Waals surface area contributed by atoms with E-state index in [9.17, 15) is 4.79 Å². The van der Waals surface area contributed by atoms with Gasteiger partial charge in [0.25, 0.3) is 0 Å². The van der Waals surface area contributed by atoms with Gasteiger partial charge in [0.05, 0.1) is 6.61 Å². The van der Waals surface area contributed by atoms with Crippen LogP contribution in [0.3, 0.4) is 0 Å². The monoisotopic (exact) mass is 217 g/mol. The second-order valence-corrected chi connectivity index (χ2v) is 3.83. The number of hydrogen-bond acceptors (Lipinski definition) is 3. The average molecular weight is 217 g/mol. The molecule has 15 heavy (non-hydrogen) atoms. The van der Waals surface area contributed by atoms with Crippen LogP contribution in [-0.2, 0) is 4.74 Å². The highest BCUT2D eigenvalue weighted by Gasteiger charge is 2.17. The number of amides is 1. The number of carbonyl (C=O) groups is 1. The molecule has 0 bridgehead atoms. The van der Waals surface area contributed by atoms with Gasteiger partial charge in [-0.15, -0.1) is 0 Å². The molecule has 0 aliphatic rings. The molecule has 4 heteroatoms. The van der Waals surface area contributed by atoms with E-state index >= 15 is 0 Å². The largest absolute Gasteiger partial charge is 0.447 e. The van der Waals surface area contributed by atoms with E-state index in [2.05, 4.69) is 6.92 Å². The molecule has 0 spiro atoms. The molecule has 4 nitrogen and oxygen atoms in total. The van der Waals surface area contributed by atoms with Gasteiger partial charge >= 0.3 is 6.09 Å². The van der Waals surface area contributed by atoms with Crippen LogP contribution in [0.4, 0.5) is 4.79 Å². The van der Waals surface area contributed by atoms with E-state index < -0.39 is 0 Å². The molecule has 0 saturated carbocycles. The zero-order valence-corrected chi connectivity index (χ0v) is 10.0. The van der Waals surface area contributed by atoms with Gasteiger partial charge in [-0.05, 0) is 20.3 Å². The van der Waals surface area contributed by atoms with Crippen molar-refractivity contribution in [2.75, 3.05) is 19.8 Å². The molecule has 0 saturated heterocycles. The van der Waals surface area contributed by atoms with Crippen molar-refractivity contribution in [2.24, 2.45) is 0 Å². The molecule has 1 N–H and O–H groups in total. The molecule has 0 aromatic carbocycles. The zero-order chi connectivity index (χ0) is 11.7. The molecule has 90 valence electrons. The Hall–Kier alpha value is -0.770. The number of rotatable bonds is 7. The molecule has 0 atom stereocenters. The Morgan fingerprint density at radius 1 is 1.40 bits per heavy atom. The van der Waals surface area contributed by atoms with E-state index in [1.807, 2.05) is 13.8 Å². The summed E-state index contributed by atoms with van der Waals surface area (Å²) in [5.41, 5.74) is 0. The van der Waals surface area contributed by atoms with E-state index in [1.54, 1.807) is 4.90 Å². The Balaban J connectivity index is 3.96. The fraction of sp³-hybridized carbons (Fsp3) is 0.909. The van der Waals surface area contributed by atoms with Crippen molar-refractivity contribution in [3.8, 4) is 0 Å². The first kappa shape index (κ1) is 14.2. The SMILES string of the molecule is CCCCCN(C(=O)OCCO)C(C)C. The molecular formula is C11H23NO3. The third kappa shape index (κ3) is 6.33. The molecular weight excluding hydrogens is 194 g/mol. The van der Waals surface area contributed by atoms with E-state index in [1.165, 1.54) is 0 Å². The predicted octanol–water partition coefficient (Wildman–Crippen LogP) is 2.02. The predicted molar refractivity (Wildman–Crippen MR) is 59.8 cm³/mol. The lowest BCUT2D eigenvalue weighted by molar-refractivity contribution is 0.0750. The van der Waals surface area contributed by atoms with Crippen LogP contribution in [0.5, 0.6) is 0 Å². The molecule has 0 aliphatic heterocycles. The van der Waals surface area contributed by atoms with Gasteiger partial charge in [0.2, 0.25) is 0 Å². The highest BCUT2D eigenvalue weighted by Crippen LogP contribution is 2.05. The number of carbonyl (C=O) groups excluding carboxylic acids is 1. The van der Waals surface area contributed by atoms with Gasteiger partial charge in [-0.25, -0.2) is 4.79 Å². The van der Waals surface area contributed by atoms with Crippen molar-refractivity contribution in [1.82, 2.24) is 4.90 Å². The van der Waals surface area contributed by atoms with Gasteiger partial charge in [0.1, 0.15) is 6.61 Å². The molecule has 0 rings (SSSR count). The number of unbranched alkanes of at least 4 members (excludes halogenated alkanes) is 2. The third-order valence-electron chi connectivity index (χ3n) is 2.18. The Kier molecular flexibility index (Phi) is 8.09. The average Bonchev–Trinajstić information content (AvgIpc) is 2.20. The summed E-state index contributed by atoms with van der Waals surface area (Å²) < 4.78 is 4.88. The van der Waals surface area contributed by atoms with Crippen molar-refractivity contribution in [1.29, 1.82) is 0 Å². The van der Waals surface area contributed by atoms with Crippen LogP contribution in [0.1, 0.15) is 40.0 Å². The fourth-order valence-electron chi connectivity index (χ4n) is 1.31. The first-order valence-electron chi connectivity index (χ1n) is 5.67. The highest BCUT2D eigenvalue weighted by molar-refractivity contribution is 5.67. The van der Waals surface area contributed by atoms with Gasteiger partial charge < -0.3 is 14.7 Å². The smallest absolute Gasteiger partial charge is 0.410 e. The fourth-order valence-corrected chi connectivity index (χ4v) is 1.31. The van der Waals surface area contributed by atoms with Gasteiger partial charge in [-0.2, -0.15) is 0 Å². The van der Waals surface area contributed by atoms with Gasteiger partial charge in [-0.3, -0.25) is 0 Å². The lowest BCUT2D eigenvalue weighted by atomic mass is 10.2. The minimum Gasteiger partial charge on any atom is -0.447 e. The minimum atomic E-state index is -0.324. The Labute approximate surface area is 92.2 Å². The Bertz CT molecular complexity index is 171. The van der Waals surface area contributed by atoms with Gasteiger partial charge in [0, 0.05) is 12.6 Å². The summed E-state index contributed by atoms with van der Waals surface area (Å²) in [6.07, 6.45) is 2.94. The van der Waals surface area contributed by atoms with Crippen LogP contribution in [0.2, 0.25) is 0 Å². The summed E-state index contributed by atoms with van der Waals surface area (Å²) in [6, 6.07) is 0.146. The summed E-state index contributed by atoms with van der Waals surface area (Å²) in [6.45, 7) is 6.75. The number of aliphatic hydroxyl groups excluding tert-OH is 1. The summed E-state index contributed by atoms with van der Waals surface area (Å²) in [5.74, 6) is 0. The van der Waals surface area contributed by atoms with E-state index in [0.29, 0.717) is 0 Å². The summed E-state index contributed by atoms with van der Waals surface area (Å²) >= 11 is 0. The number of hydrogen-bond donors (Lipinski definition) is 1. The first-order valence-corrected chi connectivity index (χ1v) is 5.67. The van der Waals surface area contributed by atoms with Crippen molar-refractivity contribution in [3.63, 3.8) is 0 Å². The highest BCUT2D eigenvalue weighted by atomic mass is 16.6. The molecule has 0 heterocycles. The third-order valence-corrected chi connectivity index (χ3v) is 2.18. The van der Waals surface area contributed by atoms with Crippen LogP contribution in [-0.4, -0.2) is 41.9 Å². The number of ether oxygens (including phenoxy) is 1. The molecule has 0 aliphatic carbocycles. The van der Waals surface area contributed by atoms with Crippen LogP contribution >= 0.6 is 0 Å². The van der Waals surface area contributed by atoms with Crippen LogP contribution in [0.15, 0.2) is 0 Å². The number of nitrogens with zero attached hydrogens (tertiary/aromatic N) is 1. The summed E-state index contributed by atoms with van der Waals surface area (Å²) in [5, 5.41) is 8.55. The van der Waals surface area contributed by atoms with E-state index in [0.717, 1.165) is 25.8 Å². The van der Waals surface area contributed by atoms with Gasteiger partial charge in [-0.1, -0.05) is 19.8 Å². The van der Waals surface area contributed by atoms with Crippen molar-refractivity contribution in [3.05, 3.63) is 0 Å². The molecule has 0 unspecified atom stereocenters. The van der Waals surface area contributed by atoms with Gasteiger partial charge in [0.15, 0.2) is 0 Å². The normalized spacial score (nSPS) is 10.5. The van der Waals surface area contributed by atoms with Crippen molar-refractivity contribution in [2.45, 2.75) is 46.1 Å².